The van der Waals surface area contributed by atoms with Crippen molar-refractivity contribution in [2.45, 2.75) is 71.9 Å². The zero-order chi connectivity index (χ0) is 23.7. The highest BCUT2D eigenvalue weighted by Crippen LogP contribution is 2.35. The number of fused-ring (bicyclic) bond motifs is 1. The van der Waals surface area contributed by atoms with Crippen molar-refractivity contribution >= 4 is 17.2 Å². The van der Waals surface area contributed by atoms with Gasteiger partial charge in [0.25, 0.3) is 5.91 Å². The lowest BCUT2D eigenvalue weighted by atomic mass is 9.90. The van der Waals surface area contributed by atoms with Crippen molar-refractivity contribution in [3.8, 4) is 0 Å². The number of nitrogens with zero attached hydrogens (tertiary/aromatic N) is 1. The molecule has 1 aliphatic heterocycles. The fraction of sp³-hybridized carbons (Fsp3) is 0.429. The summed E-state index contributed by atoms with van der Waals surface area (Å²) in [7, 11) is 1.77. The Balaban J connectivity index is 1.62. The molecular weight excluding hydrogens is 413 g/mol. The van der Waals surface area contributed by atoms with Gasteiger partial charge in [-0.1, -0.05) is 31.4 Å². The van der Waals surface area contributed by atoms with Crippen molar-refractivity contribution in [1.29, 1.82) is 5.41 Å². The van der Waals surface area contributed by atoms with Gasteiger partial charge >= 0.3 is 0 Å². The minimum absolute atomic E-state index is 0.139. The Morgan fingerprint density at radius 2 is 1.88 bits per heavy atom. The Kier molecular flexibility index (Phi) is 6.68. The number of benzene rings is 2. The molecule has 0 spiro atoms. The molecular formula is C28H34FN3O. The van der Waals surface area contributed by atoms with E-state index in [0.717, 1.165) is 40.7 Å². The van der Waals surface area contributed by atoms with Gasteiger partial charge in [-0.2, -0.15) is 0 Å². The van der Waals surface area contributed by atoms with E-state index in [1.807, 2.05) is 12.1 Å². The highest BCUT2D eigenvalue weighted by molar-refractivity contribution is 6.21. The molecule has 174 valence electrons. The molecule has 0 bridgehead atoms. The van der Waals surface area contributed by atoms with Crippen molar-refractivity contribution in [3.63, 3.8) is 0 Å². The number of rotatable bonds is 6. The molecule has 2 N–H and O–H groups in total. The van der Waals surface area contributed by atoms with E-state index in [1.54, 1.807) is 26.2 Å². The van der Waals surface area contributed by atoms with E-state index in [9.17, 15) is 4.79 Å². The fourth-order valence-corrected chi connectivity index (χ4v) is 5.32. The van der Waals surface area contributed by atoms with Crippen molar-refractivity contribution < 1.29 is 9.18 Å². The predicted octanol–water partition coefficient (Wildman–Crippen LogP) is 5.92. The summed E-state index contributed by atoms with van der Waals surface area (Å²) in [5, 5.41) is 10.9. The van der Waals surface area contributed by atoms with E-state index in [2.05, 4.69) is 24.1 Å². The average molecular weight is 448 g/mol. The van der Waals surface area contributed by atoms with Crippen LogP contribution in [0.15, 0.2) is 30.5 Å². The van der Waals surface area contributed by atoms with Crippen molar-refractivity contribution in [2.75, 3.05) is 7.05 Å². The maximum atomic E-state index is 15.1. The highest BCUT2D eigenvalue weighted by atomic mass is 19.1. The number of halogens is 1. The highest BCUT2D eigenvalue weighted by Gasteiger charge is 2.35. The minimum atomic E-state index is -0.288. The summed E-state index contributed by atoms with van der Waals surface area (Å²) in [4.78, 5) is 15.4. The van der Waals surface area contributed by atoms with E-state index in [-0.39, 0.29) is 11.7 Å². The Morgan fingerprint density at radius 1 is 1.15 bits per heavy atom. The first-order valence-corrected chi connectivity index (χ1v) is 12.0. The van der Waals surface area contributed by atoms with Crippen LogP contribution in [0, 0.1) is 25.1 Å². The molecule has 2 aliphatic rings. The summed E-state index contributed by atoms with van der Waals surface area (Å²) < 4.78 is 15.1. The molecule has 1 aliphatic carbocycles. The summed E-state index contributed by atoms with van der Waals surface area (Å²) in [5.74, 6) is -0.149. The number of hydrogen-bond donors (Lipinski definition) is 2. The van der Waals surface area contributed by atoms with Crippen LogP contribution >= 0.6 is 0 Å². The van der Waals surface area contributed by atoms with Gasteiger partial charge < -0.3 is 15.6 Å². The van der Waals surface area contributed by atoms with Crippen LogP contribution < -0.4 is 5.32 Å². The lowest BCUT2D eigenvalue weighted by molar-refractivity contribution is 0.0660. The van der Waals surface area contributed by atoms with Crippen molar-refractivity contribution in [2.24, 2.45) is 0 Å². The van der Waals surface area contributed by atoms with Crippen LogP contribution in [-0.4, -0.2) is 29.6 Å². The average Bonchev–Trinajstić information content (AvgIpc) is 3.13. The van der Waals surface area contributed by atoms with Gasteiger partial charge in [-0.15, -0.1) is 0 Å². The quantitative estimate of drug-likeness (QED) is 0.540. The molecule has 4 nitrogen and oxygen atoms in total. The van der Waals surface area contributed by atoms with Crippen LogP contribution in [0.3, 0.4) is 0 Å². The minimum Gasteiger partial charge on any atom is -0.393 e. The zero-order valence-corrected chi connectivity index (χ0v) is 20.1. The summed E-state index contributed by atoms with van der Waals surface area (Å²) in [6, 6.07) is 7.52. The van der Waals surface area contributed by atoms with Crippen LogP contribution in [0.4, 0.5) is 4.39 Å². The lowest BCUT2D eigenvalue weighted by Gasteiger charge is -2.30. The van der Waals surface area contributed by atoms with Gasteiger partial charge in [0.1, 0.15) is 5.82 Å². The second-order valence-corrected chi connectivity index (χ2v) is 9.49. The monoisotopic (exact) mass is 447 g/mol. The molecule has 1 fully saturated rings. The molecule has 0 saturated heterocycles. The number of allylic oxidation sites excluding steroid dienone is 1. The molecule has 1 saturated carbocycles. The maximum Gasteiger partial charge on any atom is 0.254 e. The van der Waals surface area contributed by atoms with Crippen LogP contribution in [0.5, 0.6) is 0 Å². The molecule has 2 aromatic rings. The van der Waals surface area contributed by atoms with Crippen molar-refractivity contribution in [3.05, 3.63) is 75.2 Å². The number of carbonyl (C=O) groups is 1. The number of amides is 1. The Hall–Kier alpha value is -2.95. The third kappa shape index (κ3) is 4.46. The zero-order valence-electron chi connectivity index (χ0n) is 20.1. The molecule has 0 aromatic heterocycles. The smallest absolute Gasteiger partial charge is 0.254 e. The molecule has 0 atom stereocenters. The molecule has 5 heteroatoms. The van der Waals surface area contributed by atoms with Gasteiger partial charge in [0.15, 0.2) is 0 Å². The Morgan fingerprint density at radius 3 is 2.52 bits per heavy atom. The van der Waals surface area contributed by atoms with Crippen molar-refractivity contribution in [1.82, 2.24) is 10.2 Å². The summed E-state index contributed by atoms with van der Waals surface area (Å²) in [5.41, 5.74) is 7.57. The van der Waals surface area contributed by atoms with Gasteiger partial charge in [-0.3, -0.25) is 4.79 Å². The molecule has 1 amide bonds. The lowest BCUT2D eigenvalue weighted by Crippen LogP contribution is -2.36. The third-order valence-electron chi connectivity index (χ3n) is 7.41. The van der Waals surface area contributed by atoms with E-state index in [1.165, 1.54) is 25.3 Å². The van der Waals surface area contributed by atoms with Crippen LogP contribution in [0.25, 0.3) is 5.57 Å². The molecule has 2 aromatic carbocycles. The Bertz CT molecular complexity index is 1130. The van der Waals surface area contributed by atoms with E-state index in [0.29, 0.717) is 41.4 Å². The largest absolute Gasteiger partial charge is 0.393 e. The molecule has 0 radical (unpaired) electrons. The number of nitrogens with one attached hydrogen (secondary N) is 2. The van der Waals surface area contributed by atoms with E-state index < -0.39 is 0 Å². The second-order valence-electron chi connectivity index (χ2n) is 9.49. The van der Waals surface area contributed by atoms with Crippen LogP contribution in [0.1, 0.15) is 82.8 Å². The molecule has 1 heterocycles. The summed E-state index contributed by atoms with van der Waals surface area (Å²) in [6.07, 6.45) is 8.02. The normalized spacial score (nSPS) is 16.8. The molecule has 0 unspecified atom stereocenters. The van der Waals surface area contributed by atoms with E-state index >= 15 is 4.39 Å². The van der Waals surface area contributed by atoms with Gasteiger partial charge in [0.05, 0.1) is 0 Å². The predicted molar refractivity (Wildman–Crippen MR) is 132 cm³/mol. The fourth-order valence-electron chi connectivity index (χ4n) is 5.32. The third-order valence-corrected chi connectivity index (χ3v) is 7.41. The first-order valence-electron chi connectivity index (χ1n) is 12.0. The first-order chi connectivity index (χ1) is 15.8. The second kappa shape index (κ2) is 9.50. The summed E-state index contributed by atoms with van der Waals surface area (Å²) in [6.45, 7) is 6.57. The Labute approximate surface area is 196 Å². The van der Waals surface area contributed by atoms with Gasteiger partial charge in [-0.25, -0.2) is 4.39 Å². The number of hydrogen-bond acceptors (Lipinski definition) is 3. The first kappa shape index (κ1) is 23.2. The van der Waals surface area contributed by atoms with E-state index in [4.69, 9.17) is 5.41 Å². The molecule has 33 heavy (non-hydrogen) atoms. The maximum absolute atomic E-state index is 15.1. The van der Waals surface area contributed by atoms with Gasteiger partial charge in [0.2, 0.25) is 0 Å². The van der Waals surface area contributed by atoms with Crippen LogP contribution in [0.2, 0.25) is 0 Å². The number of carbonyl (C=O) groups excluding carboxylic acids is 1. The molecule has 4 rings (SSSR count). The van der Waals surface area contributed by atoms with Gasteiger partial charge in [0, 0.05) is 49.1 Å². The van der Waals surface area contributed by atoms with Gasteiger partial charge in [-0.05, 0) is 79.1 Å². The summed E-state index contributed by atoms with van der Waals surface area (Å²) >= 11 is 0. The standard InChI is InChI=1S/C28H34FN3O/c1-17-18(2)26-16-32(23-8-6-5-7-9-23)28(33)24(26)13-22(17)12-21-11-10-20(14-27(21)29)25(15-31-4)19(3)30/h10-11,13-15,23,30-31H,5-9,12,16H2,1-4H3/b25-15+,30-19?. The topological polar surface area (TPSA) is 56.2 Å². The van der Waals surface area contributed by atoms with Crippen LogP contribution in [-0.2, 0) is 13.0 Å². The SMILES string of the molecule is CN/C=C(\C(C)=N)c1ccc(Cc2cc3c(c(C)c2C)CN(C2CCCCC2)C3=O)c(F)c1.